The Labute approximate surface area is 220 Å². The van der Waals surface area contributed by atoms with Crippen molar-refractivity contribution in [2.24, 2.45) is 5.92 Å². The molecule has 0 saturated carbocycles. The van der Waals surface area contributed by atoms with Crippen molar-refractivity contribution < 1.29 is 28.9 Å². The molecule has 4 rings (SSSR count). The van der Waals surface area contributed by atoms with Crippen molar-refractivity contribution in [2.45, 2.75) is 33.4 Å². The summed E-state index contributed by atoms with van der Waals surface area (Å²) in [7, 11) is 3.10. The minimum Gasteiger partial charge on any atom is -0.507 e. The van der Waals surface area contributed by atoms with Crippen molar-refractivity contribution in [1.29, 1.82) is 0 Å². The van der Waals surface area contributed by atoms with Gasteiger partial charge in [-0.15, -0.1) is 11.3 Å². The van der Waals surface area contributed by atoms with Crippen LogP contribution >= 0.6 is 11.3 Å². The van der Waals surface area contributed by atoms with E-state index in [0.29, 0.717) is 35.3 Å². The van der Waals surface area contributed by atoms with E-state index in [-0.39, 0.29) is 17.9 Å². The van der Waals surface area contributed by atoms with Crippen LogP contribution in [0.25, 0.3) is 5.76 Å². The highest BCUT2D eigenvalue weighted by Gasteiger charge is 2.46. The molecule has 194 valence electrons. The summed E-state index contributed by atoms with van der Waals surface area (Å²) >= 11 is 1.43. The summed E-state index contributed by atoms with van der Waals surface area (Å²) in [6, 6.07) is 13.7. The number of carbonyl (C=O) groups is 2. The Morgan fingerprint density at radius 1 is 1.03 bits per heavy atom. The van der Waals surface area contributed by atoms with E-state index in [1.54, 1.807) is 44.6 Å². The first-order chi connectivity index (χ1) is 17.7. The molecule has 2 aromatic carbocycles. The lowest BCUT2D eigenvalue weighted by Gasteiger charge is -2.24. The number of amides is 1. The maximum absolute atomic E-state index is 13.3. The zero-order chi connectivity index (χ0) is 26.7. The third kappa shape index (κ3) is 5.34. The molecular formula is C29H31NO6S. The molecule has 0 spiro atoms. The predicted octanol–water partition coefficient (Wildman–Crippen LogP) is 5.73. The molecule has 1 aliphatic heterocycles. The Morgan fingerprint density at radius 3 is 2.38 bits per heavy atom. The Hall–Kier alpha value is -3.78. The SMILES string of the molecule is COc1ccc(CN2C(=O)C(=O)/C(=C(\O)c3ccc(OCC(C)C)c(C)c3)C2c2cccs2)cc1OC. The number of ketones is 1. The molecule has 1 fully saturated rings. The number of thiophene rings is 1. The van der Waals surface area contributed by atoms with E-state index < -0.39 is 17.7 Å². The largest absolute Gasteiger partial charge is 0.507 e. The van der Waals surface area contributed by atoms with E-state index in [9.17, 15) is 14.7 Å². The number of hydrogen-bond acceptors (Lipinski definition) is 7. The van der Waals surface area contributed by atoms with Crippen molar-refractivity contribution in [3.63, 3.8) is 0 Å². The summed E-state index contributed by atoms with van der Waals surface area (Å²) in [5.74, 6) is 0.607. The van der Waals surface area contributed by atoms with E-state index in [4.69, 9.17) is 14.2 Å². The molecular weight excluding hydrogens is 490 g/mol. The Balaban J connectivity index is 1.74. The van der Waals surface area contributed by atoms with E-state index in [2.05, 4.69) is 13.8 Å². The molecule has 3 aromatic rings. The molecule has 37 heavy (non-hydrogen) atoms. The van der Waals surface area contributed by atoms with Crippen molar-refractivity contribution in [1.82, 2.24) is 4.90 Å². The quantitative estimate of drug-likeness (QED) is 0.220. The van der Waals surface area contributed by atoms with Gasteiger partial charge in [0, 0.05) is 17.0 Å². The van der Waals surface area contributed by atoms with Crippen LogP contribution in [0.15, 0.2) is 59.5 Å². The number of aliphatic hydroxyl groups is 1. The van der Waals surface area contributed by atoms with E-state index in [1.165, 1.54) is 16.2 Å². The van der Waals surface area contributed by atoms with E-state index in [1.807, 2.05) is 30.5 Å². The van der Waals surface area contributed by atoms with Crippen LogP contribution in [0.5, 0.6) is 17.2 Å². The van der Waals surface area contributed by atoms with Gasteiger partial charge in [0.15, 0.2) is 11.5 Å². The van der Waals surface area contributed by atoms with Crippen LogP contribution in [0.2, 0.25) is 0 Å². The number of methoxy groups -OCH3 is 2. The minimum atomic E-state index is -0.717. The fourth-order valence-electron chi connectivity index (χ4n) is 4.33. The lowest BCUT2D eigenvalue weighted by Crippen LogP contribution is -2.28. The molecule has 1 unspecified atom stereocenters. The lowest BCUT2D eigenvalue weighted by molar-refractivity contribution is -0.140. The molecule has 1 atom stereocenters. The minimum absolute atomic E-state index is 0.0724. The highest BCUT2D eigenvalue weighted by atomic mass is 32.1. The molecule has 8 heteroatoms. The average molecular weight is 522 g/mol. The predicted molar refractivity (Wildman–Crippen MR) is 143 cm³/mol. The topological polar surface area (TPSA) is 85.3 Å². The van der Waals surface area contributed by atoms with Gasteiger partial charge in [0.1, 0.15) is 11.5 Å². The second kappa shape index (κ2) is 11.1. The highest BCUT2D eigenvalue weighted by Crippen LogP contribution is 2.42. The number of aliphatic hydroxyl groups excluding tert-OH is 1. The average Bonchev–Trinajstić information content (AvgIpc) is 3.50. The number of benzene rings is 2. The standard InChI is InChI=1S/C29H31NO6S/c1-17(2)16-36-21-11-9-20(13-18(21)3)27(31)25-26(24-7-6-12-37-24)30(29(33)28(25)32)15-19-8-10-22(34-4)23(14-19)35-5/h6-14,17,26,31H,15-16H2,1-5H3/b27-25-. The smallest absolute Gasteiger partial charge is 0.295 e. The second-order valence-corrected chi connectivity index (χ2v) is 10.3. The van der Waals surface area contributed by atoms with E-state index in [0.717, 1.165) is 16.0 Å². The molecule has 0 bridgehead atoms. The van der Waals surface area contributed by atoms with Gasteiger partial charge in [-0.1, -0.05) is 26.0 Å². The number of likely N-dealkylation sites (tertiary alicyclic amines) is 1. The monoisotopic (exact) mass is 521 g/mol. The van der Waals surface area contributed by atoms with Gasteiger partial charge in [-0.2, -0.15) is 0 Å². The molecule has 7 nitrogen and oxygen atoms in total. The fraction of sp³-hybridized carbons (Fsp3) is 0.310. The molecule has 1 saturated heterocycles. The fourth-order valence-corrected chi connectivity index (χ4v) is 5.18. The summed E-state index contributed by atoms with van der Waals surface area (Å²) in [5, 5.41) is 13.2. The number of hydrogen-bond donors (Lipinski definition) is 1. The van der Waals surface area contributed by atoms with Crippen molar-refractivity contribution >= 4 is 28.8 Å². The molecule has 2 heterocycles. The molecule has 1 N–H and O–H groups in total. The van der Waals surface area contributed by atoms with Crippen LogP contribution in [0.1, 0.15) is 41.5 Å². The van der Waals surface area contributed by atoms with Crippen LogP contribution in [-0.2, 0) is 16.1 Å². The molecule has 1 amide bonds. The van der Waals surface area contributed by atoms with Crippen LogP contribution in [0, 0.1) is 12.8 Å². The number of Topliss-reactive ketones (excluding diaryl/α,β-unsaturated/α-hetero) is 1. The van der Waals surface area contributed by atoms with Crippen LogP contribution in [0.4, 0.5) is 0 Å². The second-order valence-electron chi connectivity index (χ2n) is 9.32. The Bertz CT molecular complexity index is 1330. The Morgan fingerprint density at radius 2 is 1.76 bits per heavy atom. The zero-order valence-electron chi connectivity index (χ0n) is 21.6. The molecule has 1 aliphatic rings. The lowest BCUT2D eigenvalue weighted by atomic mass is 9.98. The first-order valence-electron chi connectivity index (χ1n) is 12.0. The number of rotatable bonds is 9. The number of ether oxygens (including phenoxy) is 3. The highest BCUT2D eigenvalue weighted by molar-refractivity contribution is 7.10. The molecule has 1 aromatic heterocycles. The van der Waals surface area contributed by atoms with Crippen molar-refractivity contribution in [3.05, 3.63) is 81.1 Å². The van der Waals surface area contributed by atoms with Gasteiger partial charge in [-0.05, 0) is 65.7 Å². The summed E-state index contributed by atoms with van der Waals surface area (Å²) in [6.45, 7) is 6.76. The zero-order valence-corrected chi connectivity index (χ0v) is 22.4. The third-order valence-electron chi connectivity index (χ3n) is 6.17. The maximum Gasteiger partial charge on any atom is 0.295 e. The van der Waals surface area contributed by atoms with Crippen LogP contribution in [-0.4, -0.2) is 42.5 Å². The normalized spacial score (nSPS) is 16.9. The number of nitrogens with zero attached hydrogens (tertiary/aromatic N) is 1. The van der Waals surface area contributed by atoms with E-state index >= 15 is 0 Å². The summed E-state index contributed by atoms with van der Waals surface area (Å²) < 4.78 is 16.6. The van der Waals surface area contributed by atoms with Gasteiger partial charge in [0.2, 0.25) is 0 Å². The van der Waals surface area contributed by atoms with Crippen LogP contribution in [0.3, 0.4) is 0 Å². The van der Waals surface area contributed by atoms with Gasteiger partial charge in [-0.25, -0.2) is 0 Å². The van der Waals surface area contributed by atoms with Gasteiger partial charge < -0.3 is 24.2 Å². The van der Waals surface area contributed by atoms with Crippen molar-refractivity contribution in [2.75, 3.05) is 20.8 Å². The Kier molecular flexibility index (Phi) is 7.88. The first kappa shape index (κ1) is 26.3. The first-order valence-corrected chi connectivity index (χ1v) is 12.9. The summed E-state index contributed by atoms with van der Waals surface area (Å²) in [5.41, 5.74) is 2.13. The van der Waals surface area contributed by atoms with Gasteiger partial charge in [0.25, 0.3) is 11.7 Å². The number of carbonyl (C=O) groups excluding carboxylic acids is 2. The molecule has 0 radical (unpaired) electrons. The summed E-state index contributed by atoms with van der Waals surface area (Å²) in [6.07, 6.45) is 0. The third-order valence-corrected chi connectivity index (χ3v) is 7.10. The van der Waals surface area contributed by atoms with Gasteiger partial charge in [-0.3, -0.25) is 9.59 Å². The van der Waals surface area contributed by atoms with Gasteiger partial charge in [0.05, 0.1) is 32.4 Å². The van der Waals surface area contributed by atoms with Crippen LogP contribution < -0.4 is 14.2 Å². The van der Waals surface area contributed by atoms with Crippen molar-refractivity contribution in [3.8, 4) is 17.2 Å². The van der Waals surface area contributed by atoms with Gasteiger partial charge >= 0.3 is 0 Å². The number of aryl methyl sites for hydroxylation is 1. The maximum atomic E-state index is 13.3. The molecule has 0 aliphatic carbocycles. The summed E-state index contributed by atoms with van der Waals surface area (Å²) in [4.78, 5) is 28.9.